The van der Waals surface area contributed by atoms with E-state index in [1.807, 2.05) is 0 Å². The van der Waals surface area contributed by atoms with Crippen LogP contribution < -0.4 is 4.74 Å². The third-order valence-electron chi connectivity index (χ3n) is 4.47. The van der Waals surface area contributed by atoms with Crippen LogP contribution in [0.3, 0.4) is 0 Å². The molecule has 8 nitrogen and oxygen atoms in total. The molecule has 1 saturated heterocycles. The Hall–Kier alpha value is -2.01. The van der Waals surface area contributed by atoms with Crippen molar-refractivity contribution in [2.75, 3.05) is 6.54 Å². The smallest absolute Gasteiger partial charge is 0.325 e. The second-order valence-corrected chi connectivity index (χ2v) is 9.41. The number of benzene rings is 1. The first-order valence-electron chi connectivity index (χ1n) is 8.29. The van der Waals surface area contributed by atoms with Gasteiger partial charge in [0.15, 0.2) is 6.04 Å². The summed E-state index contributed by atoms with van der Waals surface area (Å²) in [5.74, 6) is -0.879. The number of nitrogens with zero attached hydrogens (tertiary/aromatic N) is 2. The van der Waals surface area contributed by atoms with Gasteiger partial charge in [-0.2, -0.15) is 4.31 Å². The van der Waals surface area contributed by atoms with Gasteiger partial charge in [0.2, 0.25) is 10.0 Å². The second kappa shape index (κ2) is 7.55. The van der Waals surface area contributed by atoms with Gasteiger partial charge in [-0.25, -0.2) is 8.42 Å². The summed E-state index contributed by atoms with van der Waals surface area (Å²) < 4.78 is 32.4. The van der Waals surface area contributed by atoms with Gasteiger partial charge in [0.1, 0.15) is 12.4 Å². The highest BCUT2D eigenvalue weighted by Crippen LogP contribution is 2.32. The molecule has 2 N–H and O–H groups in total. The Kier molecular flexibility index (Phi) is 5.52. The molecule has 0 spiro atoms. The molecule has 0 radical (unpaired) electrons. The number of carboxylic acids is 1. The zero-order valence-corrected chi connectivity index (χ0v) is 16.2. The highest BCUT2D eigenvalue weighted by atomic mass is 32.2. The van der Waals surface area contributed by atoms with Gasteiger partial charge in [-0.15, -0.1) is 11.3 Å². The number of aliphatic carboxylic acids is 1. The van der Waals surface area contributed by atoms with Gasteiger partial charge in [-0.3, -0.25) is 9.78 Å². The van der Waals surface area contributed by atoms with Crippen LogP contribution in [-0.4, -0.2) is 52.1 Å². The van der Waals surface area contributed by atoms with Crippen LogP contribution >= 0.6 is 11.3 Å². The molecule has 1 aliphatic heterocycles. The van der Waals surface area contributed by atoms with Gasteiger partial charge >= 0.3 is 5.97 Å². The molecule has 146 valence electrons. The summed E-state index contributed by atoms with van der Waals surface area (Å²) >= 11 is 1.45. The molecule has 3 rings (SSSR count). The molecule has 1 aromatic carbocycles. The topological polar surface area (TPSA) is 117 Å². The molecule has 1 aromatic heterocycles. The summed E-state index contributed by atoms with van der Waals surface area (Å²) in [7, 11) is -4.07. The molecular weight excluding hydrogens is 392 g/mol. The number of aromatic nitrogens is 1. The van der Waals surface area contributed by atoms with Crippen LogP contribution in [0, 0.1) is 0 Å². The lowest BCUT2D eigenvalue weighted by Gasteiger charge is -2.41. The van der Waals surface area contributed by atoms with Gasteiger partial charge in [-0.1, -0.05) is 0 Å². The van der Waals surface area contributed by atoms with E-state index < -0.39 is 27.6 Å². The third-order valence-corrected chi connectivity index (χ3v) is 7.10. The van der Waals surface area contributed by atoms with E-state index in [-0.39, 0.29) is 17.9 Å². The number of piperidine rings is 1. The molecule has 10 heteroatoms. The maximum Gasteiger partial charge on any atom is 0.325 e. The van der Waals surface area contributed by atoms with Gasteiger partial charge in [-0.05, 0) is 44.0 Å². The quantitative estimate of drug-likeness (QED) is 0.742. The number of carboxylic acid groups (broad SMARTS) is 1. The van der Waals surface area contributed by atoms with Crippen LogP contribution in [-0.2, 0) is 21.4 Å². The maximum atomic E-state index is 12.9. The van der Waals surface area contributed by atoms with Crippen molar-refractivity contribution in [2.24, 2.45) is 0 Å². The summed E-state index contributed by atoms with van der Waals surface area (Å²) in [6, 6.07) is 4.26. The van der Waals surface area contributed by atoms with E-state index in [9.17, 15) is 23.4 Å². The van der Waals surface area contributed by atoms with Crippen molar-refractivity contribution >= 4 is 27.3 Å². The van der Waals surface area contributed by atoms with Gasteiger partial charge in [0, 0.05) is 12.7 Å². The first-order chi connectivity index (χ1) is 12.7. The van der Waals surface area contributed by atoms with E-state index in [1.54, 1.807) is 11.7 Å². The average Bonchev–Trinajstić information content (AvgIpc) is 3.12. The summed E-state index contributed by atoms with van der Waals surface area (Å²) in [5, 5.41) is 19.8. The number of ether oxygens (including phenoxy) is 1. The summed E-state index contributed by atoms with van der Waals surface area (Å²) in [6.07, 6.45) is 2.30. The fraction of sp³-hybridized carbons (Fsp3) is 0.412. The van der Waals surface area contributed by atoms with Crippen LogP contribution in [0.4, 0.5) is 0 Å². The van der Waals surface area contributed by atoms with Gasteiger partial charge in [0.05, 0.1) is 20.9 Å². The fourth-order valence-corrected chi connectivity index (χ4v) is 5.35. The minimum atomic E-state index is -4.07. The van der Waals surface area contributed by atoms with E-state index >= 15 is 0 Å². The number of carbonyl (C=O) groups is 1. The average molecular weight is 412 g/mol. The van der Waals surface area contributed by atoms with Crippen molar-refractivity contribution in [3.63, 3.8) is 0 Å². The molecule has 1 aliphatic rings. The Balaban J connectivity index is 1.80. The molecule has 2 heterocycles. The molecule has 0 aliphatic carbocycles. The minimum Gasteiger partial charge on any atom is -0.488 e. The number of aliphatic hydroxyl groups is 1. The van der Waals surface area contributed by atoms with E-state index in [2.05, 4.69) is 4.98 Å². The number of hydrogen-bond donors (Lipinski definition) is 2. The van der Waals surface area contributed by atoms with Crippen molar-refractivity contribution in [3.8, 4) is 5.75 Å². The van der Waals surface area contributed by atoms with Crippen molar-refractivity contribution in [1.82, 2.24) is 9.29 Å². The van der Waals surface area contributed by atoms with Crippen LogP contribution in [0.15, 0.2) is 40.9 Å². The molecule has 0 bridgehead atoms. The predicted molar refractivity (Wildman–Crippen MR) is 98.1 cm³/mol. The third kappa shape index (κ3) is 4.13. The van der Waals surface area contributed by atoms with Crippen molar-refractivity contribution in [2.45, 2.75) is 42.9 Å². The number of rotatable bonds is 6. The molecule has 0 saturated carbocycles. The monoisotopic (exact) mass is 412 g/mol. The fourth-order valence-electron chi connectivity index (χ4n) is 3.13. The molecular formula is C17H20N2O6S2. The largest absolute Gasteiger partial charge is 0.488 e. The standard InChI is InChI=1S/C17H20N2O6S2/c1-17(22)7-2-8-19(15(17)16(20)21)27(23,24)14-5-3-12(4-6-14)25-10-13-9-18-11-26-13/h3-6,9,11,15,22H,2,7-8,10H2,1H3,(H,20,21)/t15-,17-/m0/s1. The first kappa shape index (κ1) is 19.7. The van der Waals surface area contributed by atoms with Crippen LogP contribution in [0.1, 0.15) is 24.6 Å². The Bertz CT molecular complexity index is 894. The zero-order valence-electron chi connectivity index (χ0n) is 14.6. The summed E-state index contributed by atoms with van der Waals surface area (Å²) in [4.78, 5) is 16.5. The van der Waals surface area contributed by atoms with E-state index in [0.29, 0.717) is 18.8 Å². The van der Waals surface area contributed by atoms with Gasteiger partial charge in [0.25, 0.3) is 0 Å². The van der Waals surface area contributed by atoms with Crippen LogP contribution in [0.25, 0.3) is 0 Å². The van der Waals surface area contributed by atoms with Crippen molar-refractivity contribution in [3.05, 3.63) is 40.8 Å². The Labute approximate surface area is 161 Å². The molecule has 27 heavy (non-hydrogen) atoms. The van der Waals surface area contributed by atoms with Crippen molar-refractivity contribution < 1.29 is 28.2 Å². The first-order valence-corrected chi connectivity index (χ1v) is 10.6. The highest BCUT2D eigenvalue weighted by molar-refractivity contribution is 7.89. The molecule has 0 unspecified atom stereocenters. The Morgan fingerprint density at radius 3 is 2.70 bits per heavy atom. The van der Waals surface area contributed by atoms with E-state index in [1.165, 1.54) is 42.5 Å². The lowest BCUT2D eigenvalue weighted by Crippen LogP contribution is -2.60. The second-order valence-electron chi connectivity index (χ2n) is 6.55. The SMILES string of the molecule is C[C@]1(O)CCCN(S(=O)(=O)c2ccc(OCc3cncs3)cc2)[C@H]1C(=O)O. The predicted octanol–water partition coefficient (Wildman–Crippen LogP) is 1.71. The van der Waals surface area contributed by atoms with E-state index in [0.717, 1.165) is 9.18 Å². The number of hydrogen-bond acceptors (Lipinski definition) is 7. The highest BCUT2D eigenvalue weighted by Gasteiger charge is 2.49. The van der Waals surface area contributed by atoms with Crippen molar-refractivity contribution in [1.29, 1.82) is 0 Å². The lowest BCUT2D eigenvalue weighted by atomic mass is 9.88. The van der Waals surface area contributed by atoms with E-state index in [4.69, 9.17) is 4.74 Å². The minimum absolute atomic E-state index is 0.0408. The number of thiazole rings is 1. The molecule has 2 aromatic rings. The normalized spacial score (nSPS) is 23.9. The van der Waals surface area contributed by atoms with Crippen LogP contribution in [0.2, 0.25) is 0 Å². The lowest BCUT2D eigenvalue weighted by molar-refractivity contribution is -0.153. The Morgan fingerprint density at radius 2 is 2.11 bits per heavy atom. The molecule has 2 atom stereocenters. The molecule has 1 fully saturated rings. The summed E-state index contributed by atoms with van der Waals surface area (Å²) in [5.41, 5.74) is 0.0652. The molecule has 0 amide bonds. The Morgan fingerprint density at radius 1 is 1.41 bits per heavy atom. The van der Waals surface area contributed by atoms with Gasteiger partial charge < -0.3 is 14.9 Å². The number of sulfonamides is 1. The summed E-state index contributed by atoms with van der Waals surface area (Å²) in [6.45, 7) is 1.72. The maximum absolute atomic E-state index is 12.9. The zero-order chi connectivity index (χ0) is 19.7. The van der Waals surface area contributed by atoms with Crippen LogP contribution in [0.5, 0.6) is 5.75 Å².